The van der Waals surface area contributed by atoms with Crippen LogP contribution in [0.4, 0.5) is 0 Å². The minimum atomic E-state index is -1.01. The third-order valence-electron chi connectivity index (χ3n) is 3.01. The lowest BCUT2D eigenvalue weighted by molar-refractivity contribution is 0.582. The minimum Gasteiger partial charge on any atom is -0.329 e. The molecule has 2 N–H and O–H groups in total. The van der Waals surface area contributed by atoms with Crippen LogP contribution < -0.4 is 5.73 Å². The molecule has 0 aliphatic heterocycles. The van der Waals surface area contributed by atoms with Gasteiger partial charge in [0.05, 0.1) is 16.0 Å². The second kappa shape index (κ2) is 6.31. The van der Waals surface area contributed by atoms with Crippen LogP contribution in [0.3, 0.4) is 0 Å². The summed E-state index contributed by atoms with van der Waals surface area (Å²) in [6.45, 7) is 8.88. The first-order chi connectivity index (χ1) is 7.99. The maximum absolute atomic E-state index is 12.6. The van der Waals surface area contributed by atoms with Gasteiger partial charge in [-0.25, -0.2) is 0 Å². The van der Waals surface area contributed by atoms with Gasteiger partial charge in [-0.3, -0.25) is 4.21 Å². The molecule has 0 radical (unpaired) electrons. The maximum atomic E-state index is 12.6. The first kappa shape index (κ1) is 14.4. The van der Waals surface area contributed by atoms with E-state index in [0.717, 1.165) is 4.90 Å². The molecule has 1 aromatic carbocycles. The van der Waals surface area contributed by atoms with E-state index >= 15 is 0 Å². The lowest BCUT2D eigenvalue weighted by Gasteiger charge is -2.21. The molecule has 0 bridgehead atoms. The fraction of sp³-hybridized carbons (Fsp3) is 0.571. The van der Waals surface area contributed by atoms with Gasteiger partial charge in [-0.15, -0.1) is 0 Å². The minimum absolute atomic E-state index is 0.0369. The van der Waals surface area contributed by atoms with Crippen LogP contribution in [-0.2, 0) is 10.8 Å². The lowest BCUT2D eigenvalue weighted by atomic mass is 10.0. The normalized spacial score (nSPS) is 15.2. The number of benzene rings is 1. The molecule has 96 valence electrons. The largest absolute Gasteiger partial charge is 0.329 e. The average molecular weight is 253 g/mol. The second-order valence-electron chi connectivity index (χ2n) is 5.01. The van der Waals surface area contributed by atoms with Crippen molar-refractivity contribution in [2.24, 2.45) is 11.7 Å². The summed E-state index contributed by atoms with van der Waals surface area (Å²) < 4.78 is 12.6. The monoisotopic (exact) mass is 253 g/mol. The molecule has 0 saturated heterocycles. The molecule has 0 amide bonds. The Kier molecular flexibility index (Phi) is 5.34. The Hall–Kier alpha value is -0.670. The predicted molar refractivity (Wildman–Crippen MR) is 74.6 cm³/mol. The van der Waals surface area contributed by atoms with E-state index in [0.29, 0.717) is 18.4 Å². The Balaban J connectivity index is 3.11. The van der Waals surface area contributed by atoms with Crippen molar-refractivity contribution in [2.45, 2.75) is 43.8 Å². The van der Waals surface area contributed by atoms with Crippen molar-refractivity contribution in [2.75, 3.05) is 6.54 Å². The highest BCUT2D eigenvalue weighted by Gasteiger charge is 2.22. The van der Waals surface area contributed by atoms with Crippen molar-refractivity contribution in [3.8, 4) is 0 Å². The topological polar surface area (TPSA) is 43.1 Å². The SMILES string of the molecule is CC(C)c1ccccc1S(=O)C(CN)C(C)C. The molecule has 0 spiro atoms. The first-order valence-corrected chi connectivity index (χ1v) is 7.39. The van der Waals surface area contributed by atoms with Crippen molar-refractivity contribution in [1.29, 1.82) is 0 Å². The van der Waals surface area contributed by atoms with Gasteiger partial charge in [0.25, 0.3) is 0 Å². The van der Waals surface area contributed by atoms with E-state index in [-0.39, 0.29) is 5.25 Å². The summed E-state index contributed by atoms with van der Waals surface area (Å²) in [7, 11) is -1.01. The second-order valence-corrected chi connectivity index (χ2v) is 6.65. The fourth-order valence-electron chi connectivity index (χ4n) is 1.91. The van der Waals surface area contributed by atoms with Gasteiger partial charge in [0.1, 0.15) is 0 Å². The average Bonchev–Trinajstić information content (AvgIpc) is 2.29. The number of hydrogen-bond donors (Lipinski definition) is 1. The van der Waals surface area contributed by atoms with Gasteiger partial charge in [-0.05, 0) is 23.5 Å². The molecule has 0 aliphatic rings. The summed E-state index contributed by atoms with van der Waals surface area (Å²) in [5.41, 5.74) is 6.92. The standard InChI is InChI=1S/C14H23NOS/c1-10(2)12-7-5-6-8-13(12)17(16)14(9-15)11(3)4/h5-8,10-11,14H,9,15H2,1-4H3. The number of hydrogen-bond acceptors (Lipinski definition) is 2. The Bertz CT molecular complexity index is 388. The van der Waals surface area contributed by atoms with Gasteiger partial charge in [0, 0.05) is 11.4 Å². The first-order valence-electron chi connectivity index (χ1n) is 6.18. The molecular formula is C14H23NOS. The van der Waals surface area contributed by atoms with Gasteiger partial charge in [-0.1, -0.05) is 45.9 Å². The molecule has 2 atom stereocenters. The highest BCUT2D eigenvalue weighted by atomic mass is 32.2. The molecule has 2 nitrogen and oxygen atoms in total. The zero-order valence-corrected chi connectivity index (χ0v) is 12.0. The van der Waals surface area contributed by atoms with Crippen molar-refractivity contribution in [1.82, 2.24) is 0 Å². The van der Waals surface area contributed by atoms with Crippen LogP contribution in [0.25, 0.3) is 0 Å². The van der Waals surface area contributed by atoms with Crippen LogP contribution in [0, 0.1) is 5.92 Å². The summed E-state index contributed by atoms with van der Waals surface area (Å²) in [6, 6.07) is 7.98. The summed E-state index contributed by atoms with van der Waals surface area (Å²) in [5.74, 6) is 0.724. The van der Waals surface area contributed by atoms with E-state index in [2.05, 4.69) is 33.8 Å². The molecule has 0 saturated carbocycles. The Morgan fingerprint density at radius 2 is 1.76 bits per heavy atom. The van der Waals surface area contributed by atoms with Crippen LogP contribution in [-0.4, -0.2) is 16.0 Å². The Morgan fingerprint density at radius 3 is 2.24 bits per heavy atom. The van der Waals surface area contributed by atoms with Crippen molar-refractivity contribution >= 4 is 10.8 Å². The molecule has 2 unspecified atom stereocenters. The van der Waals surface area contributed by atoms with E-state index in [1.165, 1.54) is 5.56 Å². The highest BCUT2D eigenvalue weighted by molar-refractivity contribution is 7.85. The lowest BCUT2D eigenvalue weighted by Crippen LogP contribution is -2.31. The summed E-state index contributed by atoms with van der Waals surface area (Å²) in [5, 5.41) is 0.0369. The van der Waals surface area contributed by atoms with E-state index in [1.807, 2.05) is 18.2 Å². The van der Waals surface area contributed by atoms with Crippen molar-refractivity contribution in [3.05, 3.63) is 29.8 Å². The van der Waals surface area contributed by atoms with Crippen molar-refractivity contribution in [3.63, 3.8) is 0 Å². The highest BCUT2D eigenvalue weighted by Crippen LogP contribution is 2.25. The molecule has 3 heteroatoms. The Labute approximate surface area is 107 Å². The van der Waals surface area contributed by atoms with Crippen LogP contribution in [0.2, 0.25) is 0 Å². The van der Waals surface area contributed by atoms with Crippen molar-refractivity contribution < 1.29 is 4.21 Å². The summed E-state index contributed by atoms with van der Waals surface area (Å²) in [4.78, 5) is 0.951. The third kappa shape index (κ3) is 3.39. The van der Waals surface area contributed by atoms with E-state index in [9.17, 15) is 4.21 Å². The zero-order chi connectivity index (χ0) is 13.0. The molecule has 0 heterocycles. The third-order valence-corrected chi connectivity index (χ3v) is 5.10. The number of rotatable bonds is 5. The number of nitrogens with two attached hydrogens (primary N) is 1. The molecule has 1 aromatic rings. The van der Waals surface area contributed by atoms with Gasteiger partial charge >= 0.3 is 0 Å². The molecule has 17 heavy (non-hydrogen) atoms. The van der Waals surface area contributed by atoms with Gasteiger partial charge in [0.15, 0.2) is 0 Å². The molecule has 0 aromatic heterocycles. The van der Waals surface area contributed by atoms with E-state index in [1.54, 1.807) is 0 Å². The smallest absolute Gasteiger partial charge is 0.0579 e. The molecular weight excluding hydrogens is 230 g/mol. The van der Waals surface area contributed by atoms with Gasteiger partial charge in [-0.2, -0.15) is 0 Å². The van der Waals surface area contributed by atoms with Crippen LogP contribution in [0.15, 0.2) is 29.2 Å². The molecule has 0 fully saturated rings. The maximum Gasteiger partial charge on any atom is 0.0579 e. The van der Waals surface area contributed by atoms with E-state index < -0.39 is 10.8 Å². The van der Waals surface area contributed by atoms with Crippen LogP contribution in [0.1, 0.15) is 39.2 Å². The fourth-order valence-corrected chi connectivity index (χ4v) is 3.65. The van der Waals surface area contributed by atoms with E-state index in [4.69, 9.17) is 5.73 Å². The zero-order valence-electron chi connectivity index (χ0n) is 11.1. The molecule has 1 rings (SSSR count). The molecule has 0 aliphatic carbocycles. The van der Waals surface area contributed by atoms with Crippen LogP contribution >= 0.6 is 0 Å². The van der Waals surface area contributed by atoms with Gasteiger partial charge in [0.2, 0.25) is 0 Å². The van der Waals surface area contributed by atoms with Crippen LogP contribution in [0.5, 0.6) is 0 Å². The summed E-state index contributed by atoms with van der Waals surface area (Å²) >= 11 is 0. The summed E-state index contributed by atoms with van der Waals surface area (Å²) in [6.07, 6.45) is 0. The predicted octanol–water partition coefficient (Wildman–Crippen LogP) is 2.90. The van der Waals surface area contributed by atoms with Gasteiger partial charge < -0.3 is 5.73 Å². The quantitative estimate of drug-likeness (QED) is 0.877. The Morgan fingerprint density at radius 1 is 1.18 bits per heavy atom.